The first-order valence-electron chi connectivity index (χ1n) is 20.1. The van der Waals surface area contributed by atoms with Crippen LogP contribution in [0.1, 0.15) is 25.0 Å². The van der Waals surface area contributed by atoms with E-state index in [2.05, 4.69) is 217 Å². The number of benzene rings is 9. The van der Waals surface area contributed by atoms with Gasteiger partial charge in [-0.2, -0.15) is 0 Å². The van der Waals surface area contributed by atoms with Crippen LogP contribution in [0, 0.1) is 0 Å². The van der Waals surface area contributed by atoms with Crippen LogP contribution in [0.25, 0.3) is 82.5 Å². The van der Waals surface area contributed by atoms with Crippen molar-refractivity contribution in [3.63, 3.8) is 0 Å². The zero-order valence-corrected chi connectivity index (χ0v) is 32.3. The van der Waals surface area contributed by atoms with Crippen molar-refractivity contribution in [3.8, 4) is 27.9 Å². The van der Waals surface area contributed by atoms with Crippen LogP contribution in [0.4, 0.5) is 17.1 Å². The lowest BCUT2D eigenvalue weighted by Crippen LogP contribution is -2.16. The molecule has 0 atom stereocenters. The highest BCUT2D eigenvalue weighted by Crippen LogP contribution is 2.55. The molecule has 3 heteroatoms. The molecule has 58 heavy (non-hydrogen) atoms. The fourth-order valence-corrected chi connectivity index (χ4v) is 9.87. The number of hydrogen-bond acceptors (Lipinski definition) is 2. The number of nitrogens with zero attached hydrogens (tertiary/aromatic N) is 2. The van der Waals surface area contributed by atoms with E-state index in [0.717, 1.165) is 50.3 Å². The Bertz CT molecular complexity index is 3370. The third-order valence-corrected chi connectivity index (χ3v) is 12.6. The van der Waals surface area contributed by atoms with Gasteiger partial charge in [-0.05, 0) is 93.2 Å². The van der Waals surface area contributed by atoms with Crippen LogP contribution in [0.15, 0.2) is 199 Å². The van der Waals surface area contributed by atoms with E-state index in [9.17, 15) is 0 Å². The second-order valence-electron chi connectivity index (χ2n) is 16.1. The van der Waals surface area contributed by atoms with Crippen LogP contribution in [0.5, 0.6) is 0 Å². The third kappa shape index (κ3) is 4.68. The number of anilines is 3. The second-order valence-corrected chi connectivity index (χ2v) is 16.1. The number of hydrogen-bond donors (Lipinski definition) is 0. The molecule has 3 nitrogen and oxygen atoms in total. The van der Waals surface area contributed by atoms with Crippen molar-refractivity contribution in [2.45, 2.75) is 19.3 Å². The summed E-state index contributed by atoms with van der Waals surface area (Å²) in [5.74, 6) is 0. The second kappa shape index (κ2) is 12.3. The lowest BCUT2D eigenvalue weighted by molar-refractivity contribution is 0.660. The predicted octanol–water partition coefficient (Wildman–Crippen LogP) is 15.3. The van der Waals surface area contributed by atoms with Gasteiger partial charge in [0, 0.05) is 43.9 Å². The molecule has 12 rings (SSSR count). The highest BCUT2D eigenvalue weighted by molar-refractivity contribution is 6.21. The van der Waals surface area contributed by atoms with Gasteiger partial charge in [0.25, 0.3) is 0 Å². The Labute approximate surface area is 336 Å². The molecule has 0 amide bonds. The van der Waals surface area contributed by atoms with Crippen molar-refractivity contribution in [3.05, 3.63) is 205 Å². The summed E-state index contributed by atoms with van der Waals surface area (Å²) < 4.78 is 9.26. The minimum atomic E-state index is -0.132. The van der Waals surface area contributed by atoms with Gasteiger partial charge < -0.3 is 13.9 Å². The van der Waals surface area contributed by atoms with Gasteiger partial charge in [0.2, 0.25) is 0 Å². The quantitative estimate of drug-likeness (QED) is 0.175. The maximum atomic E-state index is 6.89. The summed E-state index contributed by atoms with van der Waals surface area (Å²) in [5.41, 5.74) is 16.0. The number of para-hydroxylation sites is 3. The van der Waals surface area contributed by atoms with Crippen molar-refractivity contribution in [2.75, 3.05) is 4.90 Å². The largest absolute Gasteiger partial charge is 0.454 e. The fraction of sp³-hybridized carbons (Fsp3) is 0.0545. The van der Waals surface area contributed by atoms with E-state index < -0.39 is 0 Å². The van der Waals surface area contributed by atoms with Gasteiger partial charge in [-0.25, -0.2) is 0 Å². The first-order valence-corrected chi connectivity index (χ1v) is 20.1. The maximum absolute atomic E-state index is 6.89. The Hall–Kier alpha value is -7.36. The molecule has 0 saturated carbocycles. The summed E-state index contributed by atoms with van der Waals surface area (Å²) in [6.07, 6.45) is 0. The topological polar surface area (TPSA) is 21.3 Å². The lowest BCUT2D eigenvalue weighted by atomic mass is 9.82. The molecule has 2 heterocycles. The normalized spacial score (nSPS) is 13.1. The molecular formula is C55H38N2O. The number of fused-ring (bicyclic) bond motifs is 11. The van der Waals surface area contributed by atoms with Crippen LogP contribution in [-0.4, -0.2) is 4.57 Å². The zero-order chi connectivity index (χ0) is 38.5. The molecule has 0 bridgehead atoms. The first kappa shape index (κ1) is 32.8. The Morgan fingerprint density at radius 3 is 1.81 bits per heavy atom. The Morgan fingerprint density at radius 2 is 1.05 bits per heavy atom. The summed E-state index contributed by atoms with van der Waals surface area (Å²) in [6.45, 7) is 4.69. The molecule has 0 aliphatic heterocycles. The van der Waals surface area contributed by atoms with Crippen LogP contribution >= 0.6 is 0 Å². The number of rotatable bonds is 5. The molecule has 2 aromatic heterocycles. The standard InChI is InChI=1S/C55H38N2O/c1-55(2)45-19-8-5-17-43(45)53-46(55)20-12-23-49(53)57(50-24-11-18-44-52-40-14-4-3-13-37(40)29-34-51(52)58-54(44)50)39-32-27-36(28-33-39)35-25-30-38(31-26-35)56-47-21-9-6-15-41(47)42-16-7-10-22-48(42)56/h3-34H,1-2H3. The summed E-state index contributed by atoms with van der Waals surface area (Å²) in [5, 5.41) is 7.21. The first-order chi connectivity index (χ1) is 28.5. The smallest absolute Gasteiger partial charge is 0.159 e. The van der Waals surface area contributed by atoms with Crippen molar-refractivity contribution in [2.24, 2.45) is 0 Å². The monoisotopic (exact) mass is 742 g/mol. The van der Waals surface area contributed by atoms with Gasteiger partial charge >= 0.3 is 0 Å². The average Bonchev–Trinajstić information content (AvgIpc) is 3.91. The summed E-state index contributed by atoms with van der Waals surface area (Å²) in [6, 6.07) is 70.5. The van der Waals surface area contributed by atoms with E-state index in [1.807, 2.05) is 0 Å². The van der Waals surface area contributed by atoms with Gasteiger partial charge in [0.05, 0.1) is 22.4 Å². The Kier molecular flexibility index (Phi) is 6.98. The molecule has 1 aliphatic carbocycles. The van der Waals surface area contributed by atoms with Crippen LogP contribution in [-0.2, 0) is 5.41 Å². The number of aromatic nitrogens is 1. The molecule has 11 aromatic rings. The molecule has 0 saturated heterocycles. The maximum Gasteiger partial charge on any atom is 0.159 e. The SMILES string of the molecule is CC1(C)c2ccccc2-c2c(N(c3ccc(-c4ccc(-n5c6ccccc6c6ccccc65)cc4)cc3)c3cccc4c3oc3ccc5ccccc5c34)cccc21. The molecule has 0 N–H and O–H groups in total. The summed E-state index contributed by atoms with van der Waals surface area (Å²) in [4.78, 5) is 2.42. The van der Waals surface area contributed by atoms with E-state index in [4.69, 9.17) is 4.42 Å². The highest BCUT2D eigenvalue weighted by atomic mass is 16.3. The van der Waals surface area contributed by atoms with Gasteiger partial charge in [-0.1, -0.05) is 153 Å². The van der Waals surface area contributed by atoms with Crippen molar-refractivity contribution < 1.29 is 4.42 Å². The molecule has 9 aromatic carbocycles. The summed E-state index contributed by atoms with van der Waals surface area (Å²) in [7, 11) is 0. The Balaban J connectivity index is 1.02. The molecular weight excluding hydrogens is 705 g/mol. The number of furan rings is 1. The van der Waals surface area contributed by atoms with E-state index >= 15 is 0 Å². The van der Waals surface area contributed by atoms with E-state index in [0.29, 0.717) is 0 Å². The molecule has 0 spiro atoms. The van der Waals surface area contributed by atoms with Crippen LogP contribution in [0.3, 0.4) is 0 Å². The Morgan fingerprint density at radius 1 is 0.466 bits per heavy atom. The highest BCUT2D eigenvalue weighted by Gasteiger charge is 2.38. The van der Waals surface area contributed by atoms with Crippen LogP contribution < -0.4 is 4.90 Å². The zero-order valence-electron chi connectivity index (χ0n) is 32.3. The van der Waals surface area contributed by atoms with Crippen molar-refractivity contribution in [1.82, 2.24) is 4.57 Å². The van der Waals surface area contributed by atoms with E-state index in [1.165, 1.54) is 60.4 Å². The van der Waals surface area contributed by atoms with E-state index in [-0.39, 0.29) is 5.41 Å². The minimum absolute atomic E-state index is 0.132. The van der Waals surface area contributed by atoms with Crippen molar-refractivity contribution in [1.29, 1.82) is 0 Å². The molecule has 1 aliphatic rings. The predicted molar refractivity (Wildman–Crippen MR) is 243 cm³/mol. The fourth-order valence-electron chi connectivity index (χ4n) is 9.87. The van der Waals surface area contributed by atoms with Crippen molar-refractivity contribution >= 4 is 71.6 Å². The van der Waals surface area contributed by atoms with Gasteiger partial charge in [-0.3, -0.25) is 0 Å². The van der Waals surface area contributed by atoms with Gasteiger partial charge in [-0.15, -0.1) is 0 Å². The lowest BCUT2D eigenvalue weighted by Gasteiger charge is -2.29. The molecule has 0 fully saturated rings. The molecule has 274 valence electrons. The molecule has 0 radical (unpaired) electrons. The minimum Gasteiger partial charge on any atom is -0.454 e. The molecule has 0 unspecified atom stereocenters. The average molecular weight is 743 g/mol. The summed E-state index contributed by atoms with van der Waals surface area (Å²) >= 11 is 0. The third-order valence-electron chi connectivity index (χ3n) is 12.6. The van der Waals surface area contributed by atoms with Crippen LogP contribution in [0.2, 0.25) is 0 Å². The van der Waals surface area contributed by atoms with E-state index in [1.54, 1.807) is 0 Å². The van der Waals surface area contributed by atoms with Gasteiger partial charge in [0.1, 0.15) is 5.58 Å². The van der Waals surface area contributed by atoms with Gasteiger partial charge in [0.15, 0.2) is 5.58 Å².